The maximum atomic E-state index is 12.0. The van der Waals surface area contributed by atoms with Crippen LogP contribution in [-0.2, 0) is 11.2 Å². The molecule has 1 aromatic carbocycles. The Hall–Kier alpha value is -2.10. The molecule has 1 aliphatic carbocycles. The van der Waals surface area contributed by atoms with Crippen molar-refractivity contribution in [1.82, 2.24) is 0 Å². The number of benzene rings is 1. The highest BCUT2D eigenvalue weighted by atomic mass is 16.4. The fraction of sp³-hybridized carbons (Fsp3) is 0.375. The second-order valence-corrected chi connectivity index (χ2v) is 5.63. The lowest BCUT2D eigenvalue weighted by Crippen LogP contribution is -2.30. The Morgan fingerprint density at radius 2 is 2.25 bits per heavy atom. The normalized spacial score (nSPS) is 18.4. The van der Waals surface area contributed by atoms with Gasteiger partial charge >= 0.3 is 5.63 Å². The highest BCUT2D eigenvalue weighted by Crippen LogP contribution is 2.44. The average molecular weight is 271 g/mol. The first kappa shape index (κ1) is 12.9. The zero-order chi connectivity index (χ0) is 14.4. The highest BCUT2D eigenvalue weighted by Gasteiger charge is 2.36. The third kappa shape index (κ3) is 1.68. The topological polar surface area (TPSA) is 73.3 Å². The predicted octanol–water partition coefficient (Wildman–Crippen LogP) is 2.55. The molecule has 1 heterocycles. The molecule has 0 fully saturated rings. The molecule has 1 aliphatic rings. The van der Waals surface area contributed by atoms with Gasteiger partial charge in [-0.3, -0.25) is 0 Å². The Morgan fingerprint density at radius 1 is 1.50 bits per heavy atom. The molecule has 20 heavy (non-hydrogen) atoms. The minimum absolute atomic E-state index is 0.239. The van der Waals surface area contributed by atoms with Crippen LogP contribution in [0.2, 0.25) is 0 Å². The molecule has 2 N–H and O–H groups in total. The molecule has 0 aliphatic heterocycles. The zero-order valence-electron chi connectivity index (χ0n) is 11.6. The van der Waals surface area contributed by atoms with E-state index in [1.165, 1.54) is 0 Å². The van der Waals surface area contributed by atoms with Gasteiger partial charge in [0.05, 0.1) is 0 Å². The molecule has 0 saturated carbocycles. The molecular formula is C16H17NO3. The van der Waals surface area contributed by atoms with Crippen LogP contribution in [-0.4, -0.2) is 6.29 Å². The monoisotopic (exact) mass is 271 g/mol. The maximum Gasteiger partial charge on any atom is 0.339 e. The Balaban J connectivity index is 2.23. The Morgan fingerprint density at radius 3 is 2.95 bits per heavy atom. The fourth-order valence-electron chi connectivity index (χ4n) is 3.09. The first-order valence-corrected chi connectivity index (χ1v) is 6.83. The van der Waals surface area contributed by atoms with Crippen LogP contribution in [0.4, 0.5) is 5.69 Å². The average Bonchev–Trinajstić information content (AvgIpc) is 2.36. The van der Waals surface area contributed by atoms with Crippen molar-refractivity contribution in [3.63, 3.8) is 0 Å². The van der Waals surface area contributed by atoms with Crippen molar-refractivity contribution >= 4 is 22.9 Å². The van der Waals surface area contributed by atoms with E-state index in [1.54, 1.807) is 0 Å². The fourth-order valence-corrected chi connectivity index (χ4v) is 3.09. The van der Waals surface area contributed by atoms with Crippen LogP contribution in [0, 0.1) is 12.8 Å². The summed E-state index contributed by atoms with van der Waals surface area (Å²) >= 11 is 0. The minimum Gasteiger partial charge on any atom is -0.422 e. The summed E-state index contributed by atoms with van der Waals surface area (Å²) in [5.74, 6) is 0.493. The third-order valence-corrected chi connectivity index (χ3v) is 4.45. The van der Waals surface area contributed by atoms with Gasteiger partial charge < -0.3 is 14.9 Å². The second-order valence-electron chi connectivity index (χ2n) is 5.63. The number of anilines is 1. The maximum absolute atomic E-state index is 12.0. The first-order chi connectivity index (χ1) is 9.54. The lowest BCUT2D eigenvalue weighted by atomic mass is 9.69. The van der Waals surface area contributed by atoms with Gasteiger partial charge in [-0.15, -0.1) is 0 Å². The number of fused-ring (bicyclic) bond motifs is 3. The number of nitrogens with two attached hydrogens (primary N) is 1. The van der Waals surface area contributed by atoms with E-state index in [4.69, 9.17) is 10.2 Å². The molecular weight excluding hydrogens is 254 g/mol. The summed E-state index contributed by atoms with van der Waals surface area (Å²) in [5, 5.41) is 0.959. The molecule has 1 aromatic heterocycles. The van der Waals surface area contributed by atoms with Crippen LogP contribution in [0.25, 0.3) is 11.0 Å². The van der Waals surface area contributed by atoms with Crippen molar-refractivity contribution in [2.24, 2.45) is 5.92 Å². The summed E-state index contributed by atoms with van der Waals surface area (Å²) < 4.78 is 5.42. The standard InChI is InChI=1S/C16H17NO3/c1-8(5-6-18)11-7-12-14(11)10-3-4-13(17)9(2)15(10)20-16(12)19/h3-4,6,8,11H,5,7,17H2,1-2H3. The van der Waals surface area contributed by atoms with Gasteiger partial charge in [-0.1, -0.05) is 6.92 Å². The number of hydrogen-bond acceptors (Lipinski definition) is 4. The van der Waals surface area contributed by atoms with Gasteiger partial charge in [-0.05, 0) is 42.9 Å². The van der Waals surface area contributed by atoms with Crippen molar-refractivity contribution in [2.75, 3.05) is 5.73 Å². The number of carbonyl (C=O) groups is 1. The second kappa shape index (κ2) is 4.47. The van der Waals surface area contributed by atoms with Crippen LogP contribution >= 0.6 is 0 Å². The summed E-state index contributed by atoms with van der Waals surface area (Å²) in [6.07, 6.45) is 2.16. The lowest BCUT2D eigenvalue weighted by Gasteiger charge is -2.34. The molecule has 4 heteroatoms. The lowest BCUT2D eigenvalue weighted by molar-refractivity contribution is -0.108. The van der Waals surface area contributed by atoms with E-state index in [2.05, 4.69) is 0 Å². The summed E-state index contributed by atoms with van der Waals surface area (Å²) in [4.78, 5) is 22.7. The Bertz CT molecular complexity index is 760. The van der Waals surface area contributed by atoms with Gasteiger partial charge in [0.1, 0.15) is 11.9 Å². The molecule has 3 rings (SSSR count). The summed E-state index contributed by atoms with van der Waals surface area (Å²) in [5.41, 5.74) is 9.42. The molecule has 104 valence electrons. The van der Waals surface area contributed by atoms with E-state index in [9.17, 15) is 9.59 Å². The van der Waals surface area contributed by atoms with Crippen molar-refractivity contribution in [1.29, 1.82) is 0 Å². The Kier molecular flexibility index (Phi) is 2.89. The van der Waals surface area contributed by atoms with Crippen LogP contribution in [0.5, 0.6) is 0 Å². The largest absolute Gasteiger partial charge is 0.422 e. The molecule has 2 atom stereocenters. The first-order valence-electron chi connectivity index (χ1n) is 6.83. The van der Waals surface area contributed by atoms with E-state index in [-0.39, 0.29) is 17.5 Å². The molecule has 0 amide bonds. The summed E-state index contributed by atoms with van der Waals surface area (Å²) in [6.45, 7) is 3.90. The van der Waals surface area contributed by atoms with Crippen LogP contribution in [0.1, 0.15) is 36.0 Å². The Labute approximate surface area is 116 Å². The van der Waals surface area contributed by atoms with E-state index >= 15 is 0 Å². The van der Waals surface area contributed by atoms with Crippen molar-refractivity contribution in [3.8, 4) is 0 Å². The number of aldehydes is 1. The number of carbonyl (C=O) groups excluding carboxylic acids is 1. The van der Waals surface area contributed by atoms with Crippen molar-refractivity contribution < 1.29 is 9.21 Å². The summed E-state index contributed by atoms with van der Waals surface area (Å²) in [7, 11) is 0. The summed E-state index contributed by atoms with van der Waals surface area (Å²) in [6, 6.07) is 3.76. The van der Waals surface area contributed by atoms with E-state index in [0.717, 1.165) is 28.4 Å². The van der Waals surface area contributed by atoms with Gasteiger partial charge in [0.15, 0.2) is 0 Å². The highest BCUT2D eigenvalue weighted by molar-refractivity contribution is 5.89. The van der Waals surface area contributed by atoms with E-state index in [1.807, 2.05) is 26.0 Å². The van der Waals surface area contributed by atoms with E-state index < -0.39 is 0 Å². The zero-order valence-corrected chi connectivity index (χ0v) is 11.6. The molecule has 0 saturated heterocycles. The van der Waals surface area contributed by atoms with Gasteiger partial charge in [-0.25, -0.2) is 4.79 Å². The van der Waals surface area contributed by atoms with Crippen molar-refractivity contribution in [2.45, 2.75) is 32.6 Å². The predicted molar refractivity (Wildman–Crippen MR) is 77.9 cm³/mol. The quantitative estimate of drug-likeness (QED) is 0.529. The van der Waals surface area contributed by atoms with Gasteiger partial charge in [-0.2, -0.15) is 0 Å². The number of nitrogen functional groups attached to an aromatic ring is 1. The third-order valence-electron chi connectivity index (χ3n) is 4.45. The van der Waals surface area contributed by atoms with E-state index in [0.29, 0.717) is 24.1 Å². The number of aryl methyl sites for hydroxylation is 1. The minimum atomic E-state index is -0.268. The van der Waals surface area contributed by atoms with Crippen LogP contribution < -0.4 is 11.4 Å². The van der Waals surface area contributed by atoms with Gasteiger partial charge in [0.25, 0.3) is 0 Å². The molecule has 4 nitrogen and oxygen atoms in total. The SMILES string of the molecule is Cc1c(N)ccc2c3c(c(=O)oc12)CC3C(C)CC=O. The molecule has 0 spiro atoms. The van der Waals surface area contributed by atoms with Crippen LogP contribution in [0.15, 0.2) is 21.3 Å². The van der Waals surface area contributed by atoms with Crippen molar-refractivity contribution in [3.05, 3.63) is 39.2 Å². The molecule has 2 unspecified atom stereocenters. The van der Waals surface area contributed by atoms with Gasteiger partial charge in [0.2, 0.25) is 0 Å². The molecule has 0 radical (unpaired) electrons. The number of rotatable bonds is 3. The molecule has 0 bridgehead atoms. The number of hydrogen-bond donors (Lipinski definition) is 1. The molecule has 2 aromatic rings. The van der Waals surface area contributed by atoms with Gasteiger partial charge in [0, 0.05) is 28.6 Å². The smallest absolute Gasteiger partial charge is 0.339 e. The van der Waals surface area contributed by atoms with Crippen LogP contribution in [0.3, 0.4) is 0 Å².